The summed E-state index contributed by atoms with van der Waals surface area (Å²) in [5, 5.41) is 3.45. The van der Waals surface area contributed by atoms with Crippen LogP contribution in [0.25, 0.3) is 6.08 Å². The molecule has 3 rings (SSSR count). The van der Waals surface area contributed by atoms with Crippen molar-refractivity contribution in [2.24, 2.45) is 4.99 Å². The van der Waals surface area contributed by atoms with Crippen LogP contribution in [0.1, 0.15) is 23.6 Å². The van der Waals surface area contributed by atoms with Crippen molar-refractivity contribution < 1.29 is 4.79 Å². The molecule has 25 heavy (non-hydrogen) atoms. The molecule has 0 radical (unpaired) electrons. The maximum Gasteiger partial charge on any atom is 0.264 e. The Morgan fingerprint density at radius 1 is 1.08 bits per heavy atom. The second kappa shape index (κ2) is 7.53. The fraction of sp³-hybridized carbons (Fsp3) is 0.143. The Morgan fingerprint density at radius 2 is 1.84 bits per heavy atom. The smallest absolute Gasteiger partial charge is 0.264 e. The van der Waals surface area contributed by atoms with Gasteiger partial charge < -0.3 is 5.32 Å². The predicted molar refractivity (Wildman–Crippen MR) is 107 cm³/mol. The molecule has 126 valence electrons. The number of amidine groups is 1. The van der Waals surface area contributed by atoms with Crippen LogP contribution >= 0.6 is 11.8 Å². The monoisotopic (exact) mass is 348 g/mol. The van der Waals surface area contributed by atoms with Crippen molar-refractivity contribution in [2.75, 3.05) is 0 Å². The molecule has 1 aliphatic rings. The third-order valence-electron chi connectivity index (χ3n) is 3.92. The van der Waals surface area contributed by atoms with Gasteiger partial charge in [0, 0.05) is 0 Å². The fourth-order valence-corrected chi connectivity index (χ4v) is 3.35. The molecule has 0 unspecified atom stereocenters. The zero-order valence-electron chi connectivity index (χ0n) is 14.5. The number of hydrogen-bond acceptors (Lipinski definition) is 3. The molecule has 3 nitrogen and oxygen atoms in total. The average molecular weight is 348 g/mol. The molecule has 1 fully saturated rings. The quantitative estimate of drug-likeness (QED) is 0.780. The maximum absolute atomic E-state index is 12.2. The number of carbonyl (C=O) groups is 1. The van der Waals surface area contributed by atoms with Crippen molar-refractivity contribution in [3.8, 4) is 0 Å². The molecule has 1 aliphatic heterocycles. The highest BCUT2D eigenvalue weighted by atomic mass is 32.2. The molecule has 1 heterocycles. The number of allylic oxidation sites excluding steroid dienone is 2. The number of aliphatic imine (C=N–C) groups is 1. The number of benzene rings is 2. The molecule has 1 saturated heterocycles. The van der Waals surface area contributed by atoms with E-state index in [4.69, 9.17) is 0 Å². The first kappa shape index (κ1) is 17.2. The number of thioether (sulfide) groups is 1. The summed E-state index contributed by atoms with van der Waals surface area (Å²) < 4.78 is 0. The molecular formula is C21H20N2OS. The van der Waals surface area contributed by atoms with Crippen LogP contribution in [0.15, 0.2) is 70.1 Å². The number of nitrogens with zero attached hydrogens (tertiary/aromatic N) is 1. The van der Waals surface area contributed by atoms with Crippen LogP contribution in [0.3, 0.4) is 0 Å². The standard InChI is InChI=1S/C21H20N2OS/c1-14(11-17-7-5-4-6-8-17)12-19-20(24)23-21(25-19)22-18-10-9-15(2)16(3)13-18/h4-13H,1-3H3,(H,22,23,24)/b14-11+,19-12-. The number of aryl methyl sites for hydroxylation is 2. The number of amides is 1. The largest absolute Gasteiger partial charge is 0.300 e. The number of hydrogen-bond donors (Lipinski definition) is 1. The molecule has 1 amide bonds. The van der Waals surface area contributed by atoms with Crippen molar-refractivity contribution in [1.82, 2.24) is 5.32 Å². The van der Waals surface area contributed by atoms with Crippen LogP contribution in [-0.4, -0.2) is 11.1 Å². The topological polar surface area (TPSA) is 41.5 Å². The van der Waals surface area contributed by atoms with Gasteiger partial charge in [-0.05, 0) is 73.0 Å². The average Bonchev–Trinajstić information content (AvgIpc) is 2.91. The van der Waals surface area contributed by atoms with Gasteiger partial charge in [0.2, 0.25) is 0 Å². The van der Waals surface area contributed by atoms with Gasteiger partial charge >= 0.3 is 0 Å². The fourth-order valence-electron chi connectivity index (χ4n) is 2.45. The Kier molecular flexibility index (Phi) is 5.19. The van der Waals surface area contributed by atoms with E-state index in [9.17, 15) is 4.79 Å². The summed E-state index contributed by atoms with van der Waals surface area (Å²) in [6.07, 6.45) is 3.95. The molecule has 2 aromatic rings. The van der Waals surface area contributed by atoms with Crippen LogP contribution in [-0.2, 0) is 4.79 Å². The zero-order valence-corrected chi connectivity index (χ0v) is 15.4. The summed E-state index contributed by atoms with van der Waals surface area (Å²) in [4.78, 5) is 17.4. The molecule has 0 spiro atoms. The minimum absolute atomic E-state index is 0.103. The van der Waals surface area contributed by atoms with Crippen LogP contribution < -0.4 is 5.32 Å². The van der Waals surface area contributed by atoms with E-state index in [-0.39, 0.29) is 5.91 Å². The Labute approximate surface area is 152 Å². The Balaban J connectivity index is 1.79. The first-order valence-corrected chi connectivity index (χ1v) is 8.93. The third-order valence-corrected chi connectivity index (χ3v) is 4.83. The molecule has 2 aromatic carbocycles. The second-order valence-corrected chi connectivity index (χ2v) is 7.08. The van der Waals surface area contributed by atoms with Crippen LogP contribution in [0, 0.1) is 13.8 Å². The van der Waals surface area contributed by atoms with E-state index >= 15 is 0 Å². The highest BCUT2D eigenvalue weighted by Gasteiger charge is 2.23. The van der Waals surface area contributed by atoms with E-state index in [0.29, 0.717) is 10.1 Å². The molecule has 0 bridgehead atoms. The molecule has 0 atom stereocenters. The van der Waals surface area contributed by atoms with Crippen molar-refractivity contribution in [2.45, 2.75) is 20.8 Å². The van der Waals surface area contributed by atoms with E-state index in [1.54, 1.807) is 0 Å². The molecular weight excluding hydrogens is 328 g/mol. The summed E-state index contributed by atoms with van der Waals surface area (Å²) in [6.45, 7) is 6.12. The summed E-state index contributed by atoms with van der Waals surface area (Å²) >= 11 is 1.37. The van der Waals surface area contributed by atoms with Crippen molar-refractivity contribution in [3.63, 3.8) is 0 Å². The predicted octanol–water partition coefficient (Wildman–Crippen LogP) is 5.14. The number of carbonyl (C=O) groups excluding carboxylic acids is 1. The SMILES string of the molecule is CC(/C=C1\SC(=Nc2ccc(C)c(C)c2)NC1=O)=C\c1ccccc1. The highest BCUT2D eigenvalue weighted by Crippen LogP contribution is 2.28. The summed E-state index contributed by atoms with van der Waals surface area (Å²) in [5.41, 5.74) is 5.41. The van der Waals surface area contributed by atoms with Crippen LogP contribution in [0.4, 0.5) is 5.69 Å². The molecule has 0 aliphatic carbocycles. The summed E-state index contributed by atoms with van der Waals surface area (Å²) in [5.74, 6) is -0.103. The third kappa shape index (κ3) is 4.48. The van der Waals surface area contributed by atoms with E-state index in [2.05, 4.69) is 30.2 Å². The number of nitrogens with one attached hydrogen (secondary N) is 1. The second-order valence-electron chi connectivity index (χ2n) is 6.05. The molecule has 0 aromatic heterocycles. The lowest BCUT2D eigenvalue weighted by atomic mass is 10.1. The molecule has 4 heteroatoms. The zero-order chi connectivity index (χ0) is 17.8. The summed E-state index contributed by atoms with van der Waals surface area (Å²) in [6, 6.07) is 16.1. The lowest BCUT2D eigenvalue weighted by Crippen LogP contribution is -2.19. The normalized spacial score (nSPS) is 18.0. The van der Waals surface area contributed by atoms with Gasteiger partial charge in [-0.1, -0.05) is 42.5 Å². The van der Waals surface area contributed by atoms with Gasteiger partial charge in [0.05, 0.1) is 10.6 Å². The minimum Gasteiger partial charge on any atom is -0.300 e. The van der Waals surface area contributed by atoms with Crippen LogP contribution in [0.5, 0.6) is 0 Å². The molecule has 1 N–H and O–H groups in total. The van der Waals surface area contributed by atoms with Crippen molar-refractivity contribution in [1.29, 1.82) is 0 Å². The van der Waals surface area contributed by atoms with Gasteiger partial charge in [-0.3, -0.25) is 4.79 Å². The van der Waals surface area contributed by atoms with Gasteiger partial charge in [0.15, 0.2) is 5.17 Å². The van der Waals surface area contributed by atoms with Gasteiger partial charge in [-0.2, -0.15) is 0 Å². The van der Waals surface area contributed by atoms with Crippen LogP contribution in [0.2, 0.25) is 0 Å². The van der Waals surface area contributed by atoms with E-state index < -0.39 is 0 Å². The Morgan fingerprint density at radius 3 is 2.56 bits per heavy atom. The number of rotatable bonds is 3. The minimum atomic E-state index is -0.103. The van der Waals surface area contributed by atoms with Gasteiger partial charge in [0.25, 0.3) is 5.91 Å². The first-order valence-electron chi connectivity index (χ1n) is 8.11. The Hall–Kier alpha value is -2.59. The lowest BCUT2D eigenvalue weighted by molar-refractivity contribution is -0.115. The van der Waals surface area contributed by atoms with Gasteiger partial charge in [-0.15, -0.1) is 0 Å². The summed E-state index contributed by atoms with van der Waals surface area (Å²) in [7, 11) is 0. The van der Waals surface area contributed by atoms with Gasteiger partial charge in [0.1, 0.15) is 0 Å². The Bertz CT molecular complexity index is 895. The first-order chi connectivity index (χ1) is 12.0. The van der Waals surface area contributed by atoms with Gasteiger partial charge in [-0.25, -0.2) is 4.99 Å². The van der Waals surface area contributed by atoms with E-state index in [1.165, 1.54) is 22.9 Å². The van der Waals surface area contributed by atoms with Crippen molar-refractivity contribution in [3.05, 3.63) is 81.8 Å². The molecule has 0 saturated carbocycles. The lowest BCUT2D eigenvalue weighted by Gasteiger charge is -2.01. The highest BCUT2D eigenvalue weighted by molar-refractivity contribution is 8.18. The van der Waals surface area contributed by atoms with E-state index in [1.807, 2.05) is 61.5 Å². The van der Waals surface area contributed by atoms with E-state index in [0.717, 1.165) is 16.8 Å². The maximum atomic E-state index is 12.2. The van der Waals surface area contributed by atoms with Crippen molar-refractivity contribution >= 4 is 34.6 Å².